The van der Waals surface area contributed by atoms with Crippen LogP contribution in [-0.4, -0.2) is 31.7 Å². The summed E-state index contributed by atoms with van der Waals surface area (Å²) in [6, 6.07) is 10.3. The third-order valence-electron chi connectivity index (χ3n) is 3.08. The van der Waals surface area contributed by atoms with Gasteiger partial charge in [-0.1, -0.05) is 17.7 Å². The van der Waals surface area contributed by atoms with E-state index in [9.17, 15) is 18.0 Å². The number of rotatable bonds is 7. The molecule has 0 saturated carbocycles. The van der Waals surface area contributed by atoms with Crippen LogP contribution in [-0.2, 0) is 26.0 Å². The van der Waals surface area contributed by atoms with E-state index < -0.39 is 33.2 Å². The van der Waals surface area contributed by atoms with Crippen LogP contribution in [0, 0.1) is 6.92 Å². The van der Waals surface area contributed by atoms with Crippen molar-refractivity contribution in [1.82, 2.24) is 5.32 Å². The minimum absolute atomic E-state index is 0.0942. The van der Waals surface area contributed by atoms with E-state index in [1.807, 2.05) is 6.92 Å². The molecule has 0 radical (unpaired) electrons. The van der Waals surface area contributed by atoms with Crippen LogP contribution >= 0.6 is 0 Å². The molecule has 0 aliphatic carbocycles. The highest BCUT2D eigenvalue weighted by atomic mass is 32.2. The molecule has 2 aromatic rings. The van der Waals surface area contributed by atoms with Gasteiger partial charge in [-0.3, -0.25) is 9.59 Å². The number of hydrogen-bond donors (Lipinski definition) is 2. The molecule has 0 fully saturated rings. The quantitative estimate of drug-likeness (QED) is 0.782. The largest absolute Gasteiger partial charge is 0.467 e. The SMILES string of the molecule is Cc1ccc(NC(=O)CS(=O)(=O)CC(=O)NCc2ccco2)cc1. The molecule has 0 aliphatic rings. The highest BCUT2D eigenvalue weighted by molar-refractivity contribution is 7.92. The Balaban J connectivity index is 1.82. The van der Waals surface area contributed by atoms with E-state index in [2.05, 4.69) is 10.6 Å². The number of furan rings is 1. The first-order valence-electron chi connectivity index (χ1n) is 7.20. The van der Waals surface area contributed by atoms with Crippen molar-refractivity contribution in [3.05, 3.63) is 54.0 Å². The van der Waals surface area contributed by atoms with Gasteiger partial charge in [0.05, 0.1) is 12.8 Å². The van der Waals surface area contributed by atoms with Crippen LogP contribution in [0.15, 0.2) is 47.1 Å². The Morgan fingerprint density at radius 3 is 2.33 bits per heavy atom. The van der Waals surface area contributed by atoms with Crippen molar-refractivity contribution in [2.45, 2.75) is 13.5 Å². The molecule has 8 heteroatoms. The maximum atomic E-state index is 11.9. The summed E-state index contributed by atoms with van der Waals surface area (Å²) in [6.07, 6.45) is 1.45. The first kappa shape index (κ1) is 17.7. The number of aryl methyl sites for hydroxylation is 1. The summed E-state index contributed by atoms with van der Waals surface area (Å²) >= 11 is 0. The molecule has 1 heterocycles. The number of anilines is 1. The van der Waals surface area contributed by atoms with Crippen molar-refractivity contribution in [1.29, 1.82) is 0 Å². The van der Waals surface area contributed by atoms with Crippen LogP contribution in [0.4, 0.5) is 5.69 Å². The van der Waals surface area contributed by atoms with Gasteiger partial charge >= 0.3 is 0 Å². The fourth-order valence-corrected chi connectivity index (χ4v) is 3.01. The van der Waals surface area contributed by atoms with Gasteiger partial charge in [-0.05, 0) is 31.2 Å². The summed E-state index contributed by atoms with van der Waals surface area (Å²) in [5.41, 5.74) is 1.52. The smallest absolute Gasteiger partial charge is 0.239 e. The molecule has 0 unspecified atom stereocenters. The van der Waals surface area contributed by atoms with Crippen molar-refractivity contribution in [3.63, 3.8) is 0 Å². The number of carbonyl (C=O) groups excluding carboxylic acids is 2. The average molecular weight is 350 g/mol. The minimum atomic E-state index is -3.85. The van der Waals surface area contributed by atoms with E-state index in [1.165, 1.54) is 6.26 Å². The first-order chi connectivity index (χ1) is 11.3. The molecule has 0 aliphatic heterocycles. The van der Waals surface area contributed by atoms with Crippen LogP contribution in [0.2, 0.25) is 0 Å². The maximum Gasteiger partial charge on any atom is 0.239 e. The maximum absolute atomic E-state index is 11.9. The van der Waals surface area contributed by atoms with Crippen LogP contribution in [0.3, 0.4) is 0 Å². The van der Waals surface area contributed by atoms with Gasteiger partial charge in [0.25, 0.3) is 0 Å². The molecule has 0 saturated heterocycles. The molecule has 24 heavy (non-hydrogen) atoms. The van der Waals surface area contributed by atoms with Crippen molar-refractivity contribution < 1.29 is 22.4 Å². The zero-order valence-corrected chi connectivity index (χ0v) is 13.9. The minimum Gasteiger partial charge on any atom is -0.467 e. The van der Waals surface area contributed by atoms with Gasteiger partial charge in [0.1, 0.15) is 17.3 Å². The average Bonchev–Trinajstić information content (AvgIpc) is 2.99. The van der Waals surface area contributed by atoms with Gasteiger partial charge in [0.2, 0.25) is 11.8 Å². The topological polar surface area (TPSA) is 105 Å². The number of benzene rings is 1. The molecule has 2 amide bonds. The van der Waals surface area contributed by atoms with Crippen LogP contribution in [0.25, 0.3) is 0 Å². The Bertz CT molecular complexity index is 796. The van der Waals surface area contributed by atoms with Gasteiger partial charge < -0.3 is 15.1 Å². The number of amides is 2. The van der Waals surface area contributed by atoms with E-state index >= 15 is 0 Å². The summed E-state index contributed by atoms with van der Waals surface area (Å²) in [4.78, 5) is 23.5. The second-order valence-corrected chi connectivity index (χ2v) is 7.37. The molecule has 1 aromatic heterocycles. The summed E-state index contributed by atoms with van der Waals surface area (Å²) < 4.78 is 28.8. The summed E-state index contributed by atoms with van der Waals surface area (Å²) in [5.74, 6) is -2.37. The second-order valence-electron chi connectivity index (χ2n) is 5.30. The Kier molecular flexibility index (Phi) is 5.75. The molecule has 2 rings (SSSR count). The zero-order chi connectivity index (χ0) is 17.6. The second kappa shape index (κ2) is 7.78. The van der Waals surface area contributed by atoms with Gasteiger partial charge in [-0.15, -0.1) is 0 Å². The molecule has 2 N–H and O–H groups in total. The lowest BCUT2D eigenvalue weighted by Gasteiger charge is -2.07. The lowest BCUT2D eigenvalue weighted by atomic mass is 10.2. The predicted octanol–water partition coefficient (Wildman–Crippen LogP) is 1.26. The molecule has 0 spiro atoms. The van der Waals surface area contributed by atoms with E-state index in [1.54, 1.807) is 36.4 Å². The third kappa shape index (κ3) is 5.88. The fourth-order valence-electron chi connectivity index (χ4n) is 1.93. The fraction of sp³-hybridized carbons (Fsp3) is 0.250. The molecule has 0 atom stereocenters. The van der Waals surface area contributed by atoms with Crippen molar-refractivity contribution >= 4 is 27.3 Å². The van der Waals surface area contributed by atoms with Crippen LogP contribution < -0.4 is 10.6 Å². The van der Waals surface area contributed by atoms with E-state index in [0.29, 0.717) is 11.4 Å². The van der Waals surface area contributed by atoms with Crippen LogP contribution in [0.5, 0.6) is 0 Å². The number of hydrogen-bond acceptors (Lipinski definition) is 5. The van der Waals surface area contributed by atoms with Crippen molar-refractivity contribution in [3.8, 4) is 0 Å². The highest BCUT2D eigenvalue weighted by Gasteiger charge is 2.21. The first-order valence-corrected chi connectivity index (χ1v) is 9.02. The molecule has 1 aromatic carbocycles. The Labute approximate surface area is 140 Å². The van der Waals surface area contributed by atoms with Crippen molar-refractivity contribution in [2.75, 3.05) is 16.8 Å². The van der Waals surface area contributed by atoms with Gasteiger partial charge in [0.15, 0.2) is 9.84 Å². The van der Waals surface area contributed by atoms with E-state index in [0.717, 1.165) is 5.56 Å². The molecular formula is C16H18N2O5S. The van der Waals surface area contributed by atoms with E-state index in [4.69, 9.17) is 4.42 Å². The lowest BCUT2D eigenvalue weighted by Crippen LogP contribution is -2.33. The van der Waals surface area contributed by atoms with Gasteiger partial charge in [-0.2, -0.15) is 0 Å². The third-order valence-corrected chi connectivity index (χ3v) is 4.48. The summed E-state index contributed by atoms with van der Waals surface area (Å²) in [6.45, 7) is 1.99. The van der Waals surface area contributed by atoms with E-state index in [-0.39, 0.29) is 6.54 Å². The van der Waals surface area contributed by atoms with Gasteiger partial charge in [0, 0.05) is 5.69 Å². The van der Waals surface area contributed by atoms with Gasteiger partial charge in [-0.25, -0.2) is 8.42 Å². The number of nitrogens with one attached hydrogen (secondary N) is 2. The number of sulfone groups is 1. The summed E-state index contributed by atoms with van der Waals surface area (Å²) in [5, 5.41) is 4.91. The van der Waals surface area contributed by atoms with Crippen molar-refractivity contribution in [2.24, 2.45) is 0 Å². The molecule has 7 nitrogen and oxygen atoms in total. The molecular weight excluding hydrogens is 332 g/mol. The zero-order valence-electron chi connectivity index (χ0n) is 13.1. The monoisotopic (exact) mass is 350 g/mol. The van der Waals surface area contributed by atoms with Crippen LogP contribution in [0.1, 0.15) is 11.3 Å². The number of carbonyl (C=O) groups is 2. The Hall–Kier alpha value is -2.61. The Morgan fingerprint density at radius 1 is 1.04 bits per heavy atom. The normalized spacial score (nSPS) is 11.0. The lowest BCUT2D eigenvalue weighted by molar-refractivity contribution is -0.118. The highest BCUT2D eigenvalue weighted by Crippen LogP contribution is 2.08. The Morgan fingerprint density at radius 2 is 1.71 bits per heavy atom. The molecule has 128 valence electrons. The summed E-state index contributed by atoms with van der Waals surface area (Å²) in [7, 11) is -3.85. The molecule has 0 bridgehead atoms. The predicted molar refractivity (Wildman–Crippen MR) is 89.0 cm³/mol. The standard InChI is InChI=1S/C16H18N2O5S/c1-12-4-6-13(7-5-12)18-16(20)11-24(21,22)10-15(19)17-9-14-3-2-8-23-14/h2-8H,9-11H2,1H3,(H,17,19)(H,18,20).